The van der Waals surface area contributed by atoms with Gasteiger partial charge >= 0.3 is 0 Å². The molecule has 0 fully saturated rings. The lowest BCUT2D eigenvalue weighted by Gasteiger charge is -2.25. The summed E-state index contributed by atoms with van der Waals surface area (Å²) in [4.78, 5) is 13.1. The number of rotatable bonds is 2. The molecule has 0 radical (unpaired) electrons. The Morgan fingerprint density at radius 2 is 1.94 bits per heavy atom. The predicted octanol–water partition coefficient (Wildman–Crippen LogP) is 2.73. The van der Waals surface area contributed by atoms with E-state index in [9.17, 15) is 9.90 Å². The normalized spacial score (nSPS) is 11.4. The SMILES string of the molecule is CN(C(=O)C(C)(C)O)c1ccc(Cl)cc1Cl. The van der Waals surface area contributed by atoms with Crippen LogP contribution in [-0.4, -0.2) is 23.7 Å². The minimum absolute atomic E-state index is 0.368. The van der Waals surface area contributed by atoms with Crippen LogP contribution in [0.4, 0.5) is 5.69 Å². The van der Waals surface area contributed by atoms with Crippen molar-refractivity contribution in [3.63, 3.8) is 0 Å². The number of halogens is 2. The minimum atomic E-state index is -1.43. The fraction of sp³-hybridized carbons (Fsp3) is 0.364. The highest BCUT2D eigenvalue weighted by molar-refractivity contribution is 6.36. The molecule has 0 aliphatic rings. The summed E-state index contributed by atoms with van der Waals surface area (Å²) >= 11 is 11.7. The highest BCUT2D eigenvalue weighted by Gasteiger charge is 2.28. The number of aliphatic hydroxyl groups is 1. The molecule has 0 saturated heterocycles. The van der Waals surface area contributed by atoms with Crippen molar-refractivity contribution in [2.75, 3.05) is 11.9 Å². The van der Waals surface area contributed by atoms with Crippen molar-refractivity contribution in [1.29, 1.82) is 0 Å². The first kappa shape index (κ1) is 13.3. The molecule has 1 N–H and O–H groups in total. The van der Waals surface area contributed by atoms with Gasteiger partial charge in [0, 0.05) is 12.1 Å². The van der Waals surface area contributed by atoms with Gasteiger partial charge in [0.2, 0.25) is 0 Å². The molecular weight excluding hydrogens is 249 g/mol. The van der Waals surface area contributed by atoms with Crippen molar-refractivity contribution >= 4 is 34.8 Å². The van der Waals surface area contributed by atoms with Crippen LogP contribution in [0.25, 0.3) is 0 Å². The van der Waals surface area contributed by atoms with Gasteiger partial charge in [-0.3, -0.25) is 4.79 Å². The highest BCUT2D eigenvalue weighted by atomic mass is 35.5. The average molecular weight is 262 g/mol. The fourth-order valence-electron chi connectivity index (χ4n) is 1.27. The predicted molar refractivity (Wildman–Crippen MR) is 66.2 cm³/mol. The number of nitrogens with zero attached hydrogens (tertiary/aromatic N) is 1. The van der Waals surface area contributed by atoms with E-state index in [1.165, 1.54) is 18.7 Å². The second kappa shape index (κ2) is 4.62. The van der Waals surface area contributed by atoms with Crippen LogP contribution in [0.1, 0.15) is 13.8 Å². The van der Waals surface area contributed by atoms with Crippen LogP contribution in [0.3, 0.4) is 0 Å². The van der Waals surface area contributed by atoms with E-state index >= 15 is 0 Å². The van der Waals surface area contributed by atoms with Crippen LogP contribution in [0.5, 0.6) is 0 Å². The maximum atomic E-state index is 11.8. The molecule has 16 heavy (non-hydrogen) atoms. The monoisotopic (exact) mass is 261 g/mol. The summed E-state index contributed by atoms with van der Waals surface area (Å²) in [6.07, 6.45) is 0. The van der Waals surface area contributed by atoms with Crippen LogP contribution < -0.4 is 4.90 Å². The van der Waals surface area contributed by atoms with Gasteiger partial charge in [0.05, 0.1) is 10.7 Å². The van der Waals surface area contributed by atoms with E-state index in [4.69, 9.17) is 23.2 Å². The number of carbonyl (C=O) groups is 1. The summed E-state index contributed by atoms with van der Waals surface area (Å²) in [6, 6.07) is 4.82. The molecule has 0 aliphatic heterocycles. The molecule has 0 unspecified atom stereocenters. The number of benzene rings is 1. The molecule has 1 rings (SSSR count). The van der Waals surface area contributed by atoms with Gasteiger partial charge in [0.25, 0.3) is 5.91 Å². The number of hydrogen-bond acceptors (Lipinski definition) is 2. The maximum Gasteiger partial charge on any atom is 0.258 e. The van der Waals surface area contributed by atoms with Crippen LogP contribution >= 0.6 is 23.2 Å². The van der Waals surface area contributed by atoms with Gasteiger partial charge in [-0.1, -0.05) is 23.2 Å². The van der Waals surface area contributed by atoms with Gasteiger partial charge in [-0.15, -0.1) is 0 Å². The van der Waals surface area contributed by atoms with Gasteiger partial charge in [0.15, 0.2) is 0 Å². The molecule has 0 heterocycles. The summed E-state index contributed by atoms with van der Waals surface area (Å²) < 4.78 is 0. The third kappa shape index (κ3) is 2.88. The van der Waals surface area contributed by atoms with Crippen molar-refractivity contribution in [1.82, 2.24) is 0 Å². The van der Waals surface area contributed by atoms with E-state index in [2.05, 4.69) is 0 Å². The van der Waals surface area contributed by atoms with Gasteiger partial charge in [0.1, 0.15) is 5.60 Å². The van der Waals surface area contributed by atoms with E-state index < -0.39 is 11.5 Å². The largest absolute Gasteiger partial charge is 0.381 e. The van der Waals surface area contributed by atoms with Gasteiger partial charge in [-0.2, -0.15) is 0 Å². The number of carbonyl (C=O) groups excluding carboxylic acids is 1. The van der Waals surface area contributed by atoms with E-state index in [0.29, 0.717) is 15.7 Å². The Morgan fingerprint density at radius 3 is 2.38 bits per heavy atom. The second-order valence-corrected chi connectivity index (χ2v) is 4.86. The van der Waals surface area contributed by atoms with Crippen LogP contribution in [0, 0.1) is 0 Å². The Bertz CT molecular complexity index is 413. The molecule has 1 aromatic rings. The van der Waals surface area contributed by atoms with E-state index in [-0.39, 0.29) is 0 Å². The topological polar surface area (TPSA) is 40.5 Å². The molecule has 0 aliphatic carbocycles. The summed E-state index contributed by atoms with van der Waals surface area (Å²) in [5.41, 5.74) is -0.921. The zero-order valence-corrected chi connectivity index (χ0v) is 10.8. The Kier molecular flexibility index (Phi) is 3.84. The summed E-state index contributed by atoms with van der Waals surface area (Å²) in [5, 5.41) is 10.5. The summed E-state index contributed by atoms with van der Waals surface area (Å²) in [6.45, 7) is 2.85. The van der Waals surface area contributed by atoms with E-state index in [1.807, 2.05) is 0 Å². The first-order chi connectivity index (χ1) is 7.23. The lowest BCUT2D eigenvalue weighted by molar-refractivity contribution is -0.133. The smallest absolute Gasteiger partial charge is 0.258 e. The molecule has 3 nitrogen and oxygen atoms in total. The standard InChI is InChI=1S/C11H13Cl2NO2/c1-11(2,16)10(15)14(3)9-5-4-7(12)6-8(9)13/h4-6,16H,1-3H3. The van der Waals surface area contributed by atoms with Crippen molar-refractivity contribution < 1.29 is 9.90 Å². The van der Waals surface area contributed by atoms with Crippen molar-refractivity contribution in [2.45, 2.75) is 19.4 Å². The Hall–Kier alpha value is -0.770. The molecule has 5 heteroatoms. The molecule has 1 aromatic carbocycles. The molecule has 0 spiro atoms. The van der Waals surface area contributed by atoms with Crippen molar-refractivity contribution in [3.05, 3.63) is 28.2 Å². The number of amides is 1. The van der Waals surface area contributed by atoms with Gasteiger partial charge < -0.3 is 10.0 Å². The lowest BCUT2D eigenvalue weighted by Crippen LogP contribution is -2.43. The Balaban J connectivity index is 3.06. The first-order valence-corrected chi connectivity index (χ1v) is 5.44. The van der Waals surface area contributed by atoms with Crippen LogP contribution in [-0.2, 0) is 4.79 Å². The Morgan fingerprint density at radius 1 is 1.38 bits per heavy atom. The molecule has 0 atom stereocenters. The quantitative estimate of drug-likeness (QED) is 0.890. The first-order valence-electron chi connectivity index (χ1n) is 4.69. The minimum Gasteiger partial charge on any atom is -0.381 e. The van der Waals surface area contributed by atoms with Crippen LogP contribution in [0.2, 0.25) is 10.0 Å². The number of likely N-dealkylation sites (N-methyl/N-ethyl adjacent to an activating group) is 1. The van der Waals surface area contributed by atoms with Gasteiger partial charge in [-0.25, -0.2) is 0 Å². The molecule has 0 saturated carbocycles. The zero-order valence-electron chi connectivity index (χ0n) is 9.29. The summed E-state index contributed by atoms with van der Waals surface area (Å²) in [5.74, 6) is -0.434. The molecule has 0 bridgehead atoms. The number of hydrogen-bond donors (Lipinski definition) is 1. The maximum absolute atomic E-state index is 11.8. The van der Waals surface area contributed by atoms with Crippen molar-refractivity contribution in [2.24, 2.45) is 0 Å². The lowest BCUT2D eigenvalue weighted by atomic mass is 10.1. The van der Waals surface area contributed by atoms with Gasteiger partial charge in [-0.05, 0) is 32.0 Å². The Labute approximate surface area is 105 Å². The molecule has 1 amide bonds. The fourth-order valence-corrected chi connectivity index (χ4v) is 1.81. The highest BCUT2D eigenvalue weighted by Crippen LogP contribution is 2.29. The average Bonchev–Trinajstić information content (AvgIpc) is 2.14. The molecule has 0 aromatic heterocycles. The third-order valence-electron chi connectivity index (χ3n) is 2.10. The van der Waals surface area contributed by atoms with Crippen LogP contribution in [0.15, 0.2) is 18.2 Å². The van der Waals surface area contributed by atoms with E-state index in [1.54, 1.807) is 25.2 Å². The second-order valence-electron chi connectivity index (χ2n) is 4.02. The third-order valence-corrected chi connectivity index (χ3v) is 2.64. The van der Waals surface area contributed by atoms with E-state index in [0.717, 1.165) is 0 Å². The molecular formula is C11H13Cl2NO2. The number of anilines is 1. The molecule has 88 valence electrons. The zero-order chi connectivity index (χ0) is 12.5. The van der Waals surface area contributed by atoms with Crippen molar-refractivity contribution in [3.8, 4) is 0 Å². The summed E-state index contributed by atoms with van der Waals surface area (Å²) in [7, 11) is 1.55.